The summed E-state index contributed by atoms with van der Waals surface area (Å²) in [6, 6.07) is 8.75. The van der Waals surface area contributed by atoms with Crippen molar-refractivity contribution in [1.29, 1.82) is 0 Å². The molecule has 8 heteroatoms. The fourth-order valence-corrected chi connectivity index (χ4v) is 2.43. The average Bonchev–Trinajstić information content (AvgIpc) is 2.51. The fourth-order valence-electron chi connectivity index (χ4n) is 1.98. The highest BCUT2D eigenvalue weighted by Gasteiger charge is 2.21. The van der Waals surface area contributed by atoms with Crippen LogP contribution in [0.5, 0.6) is 5.75 Å². The molecule has 0 aliphatic rings. The third-order valence-electron chi connectivity index (χ3n) is 3.16. The number of amides is 2. The Labute approximate surface area is 148 Å². The van der Waals surface area contributed by atoms with Gasteiger partial charge in [0.2, 0.25) is 0 Å². The van der Waals surface area contributed by atoms with Crippen molar-refractivity contribution in [1.82, 2.24) is 5.32 Å². The van der Waals surface area contributed by atoms with Gasteiger partial charge < -0.3 is 20.8 Å². The maximum atomic E-state index is 12.0. The van der Waals surface area contributed by atoms with Crippen molar-refractivity contribution in [2.75, 3.05) is 5.32 Å². The Hall–Kier alpha value is -2.44. The van der Waals surface area contributed by atoms with Crippen molar-refractivity contribution in [2.24, 2.45) is 0 Å². The van der Waals surface area contributed by atoms with Crippen molar-refractivity contribution >= 4 is 40.9 Å². The molecule has 4 N–H and O–H groups in total. The predicted molar refractivity (Wildman–Crippen MR) is 91.9 cm³/mol. The molecule has 6 nitrogen and oxygen atoms in total. The first-order valence-electron chi connectivity index (χ1n) is 6.88. The summed E-state index contributed by atoms with van der Waals surface area (Å²) in [6.45, 7) is 0. The van der Waals surface area contributed by atoms with E-state index in [2.05, 4.69) is 10.6 Å². The number of rotatable bonds is 5. The molecule has 2 rings (SSSR count). The van der Waals surface area contributed by atoms with Gasteiger partial charge in [0.05, 0.1) is 10.7 Å². The number of nitrogens with one attached hydrogen (secondary N) is 2. The Balaban J connectivity index is 2.02. The van der Waals surface area contributed by atoms with Gasteiger partial charge >= 0.3 is 12.0 Å². The lowest BCUT2D eigenvalue weighted by Gasteiger charge is -2.16. The van der Waals surface area contributed by atoms with E-state index in [-0.39, 0.29) is 17.2 Å². The lowest BCUT2D eigenvalue weighted by molar-refractivity contribution is -0.139. The van der Waals surface area contributed by atoms with E-state index < -0.39 is 18.0 Å². The first kappa shape index (κ1) is 17.9. The topological polar surface area (TPSA) is 98.7 Å². The van der Waals surface area contributed by atoms with Crippen LogP contribution in [-0.4, -0.2) is 28.3 Å². The van der Waals surface area contributed by atoms with Gasteiger partial charge in [-0.1, -0.05) is 35.3 Å². The van der Waals surface area contributed by atoms with Crippen LogP contribution in [0.3, 0.4) is 0 Å². The molecule has 0 radical (unpaired) electrons. The Bertz CT molecular complexity index is 750. The van der Waals surface area contributed by atoms with E-state index in [9.17, 15) is 19.8 Å². The van der Waals surface area contributed by atoms with Gasteiger partial charge in [0.1, 0.15) is 11.8 Å². The smallest absolute Gasteiger partial charge is 0.326 e. The van der Waals surface area contributed by atoms with Gasteiger partial charge in [-0.05, 0) is 35.9 Å². The number of halogens is 2. The number of anilines is 1. The van der Waals surface area contributed by atoms with E-state index in [1.165, 1.54) is 24.3 Å². The Morgan fingerprint density at radius 3 is 2.33 bits per heavy atom. The Kier molecular flexibility index (Phi) is 5.89. The number of hydrogen-bond acceptors (Lipinski definition) is 3. The molecule has 0 aromatic heterocycles. The van der Waals surface area contributed by atoms with Crippen molar-refractivity contribution in [3.8, 4) is 5.75 Å². The molecule has 0 saturated carbocycles. The molecule has 0 fully saturated rings. The van der Waals surface area contributed by atoms with Crippen molar-refractivity contribution in [2.45, 2.75) is 12.5 Å². The quantitative estimate of drug-likeness (QED) is 0.648. The molecule has 0 aliphatic carbocycles. The molecule has 1 atom stereocenters. The van der Waals surface area contributed by atoms with Crippen LogP contribution in [-0.2, 0) is 11.2 Å². The molecule has 126 valence electrons. The predicted octanol–water partition coefficient (Wildman–Crippen LogP) is 3.52. The van der Waals surface area contributed by atoms with Gasteiger partial charge in [-0.15, -0.1) is 0 Å². The second-order valence-corrected chi connectivity index (χ2v) is 5.83. The van der Waals surface area contributed by atoms with Crippen molar-refractivity contribution in [3.63, 3.8) is 0 Å². The van der Waals surface area contributed by atoms with Crippen LogP contribution in [0.4, 0.5) is 10.5 Å². The van der Waals surface area contributed by atoms with Crippen LogP contribution in [0.25, 0.3) is 0 Å². The van der Waals surface area contributed by atoms with Crippen molar-refractivity contribution in [3.05, 3.63) is 58.1 Å². The minimum absolute atomic E-state index is 0.0668. The van der Waals surface area contributed by atoms with Gasteiger partial charge in [0.15, 0.2) is 0 Å². The maximum absolute atomic E-state index is 12.0. The zero-order chi connectivity index (χ0) is 17.7. The third kappa shape index (κ3) is 5.04. The Morgan fingerprint density at radius 1 is 1.08 bits per heavy atom. The molecule has 0 bridgehead atoms. The van der Waals surface area contributed by atoms with E-state index in [0.717, 1.165) is 0 Å². The number of benzene rings is 2. The summed E-state index contributed by atoms with van der Waals surface area (Å²) in [7, 11) is 0. The zero-order valence-corrected chi connectivity index (χ0v) is 13.8. The normalized spacial score (nSPS) is 11.6. The fraction of sp³-hybridized carbons (Fsp3) is 0.125. The van der Waals surface area contributed by atoms with E-state index >= 15 is 0 Å². The summed E-state index contributed by atoms with van der Waals surface area (Å²) in [4.78, 5) is 23.3. The lowest BCUT2D eigenvalue weighted by atomic mass is 10.1. The van der Waals surface area contributed by atoms with E-state index in [0.29, 0.717) is 16.3 Å². The van der Waals surface area contributed by atoms with Gasteiger partial charge in [-0.3, -0.25) is 0 Å². The molecule has 0 saturated heterocycles. The number of carbonyl (C=O) groups excluding carboxylic acids is 1. The van der Waals surface area contributed by atoms with E-state index in [4.69, 9.17) is 23.2 Å². The van der Waals surface area contributed by atoms with Crippen molar-refractivity contribution < 1.29 is 19.8 Å². The largest absolute Gasteiger partial charge is 0.508 e. The number of phenols is 1. The number of phenolic OH excluding ortho intramolecular Hbond substituents is 1. The second kappa shape index (κ2) is 7.90. The number of carboxylic acids is 1. The molecule has 0 unspecified atom stereocenters. The minimum atomic E-state index is -1.18. The van der Waals surface area contributed by atoms with E-state index in [1.807, 2.05) is 0 Å². The summed E-state index contributed by atoms with van der Waals surface area (Å²) in [5.41, 5.74) is 0.970. The molecule has 2 amide bonds. The highest BCUT2D eigenvalue weighted by molar-refractivity contribution is 6.36. The van der Waals surface area contributed by atoms with E-state index in [1.54, 1.807) is 18.2 Å². The third-order valence-corrected chi connectivity index (χ3v) is 3.71. The minimum Gasteiger partial charge on any atom is -0.508 e. The molecule has 0 heterocycles. The van der Waals surface area contributed by atoms with Crippen LogP contribution < -0.4 is 10.6 Å². The van der Waals surface area contributed by atoms with Crippen LogP contribution >= 0.6 is 23.2 Å². The second-order valence-electron chi connectivity index (χ2n) is 4.98. The number of urea groups is 1. The standard InChI is InChI=1S/C16H14Cl2N2O4/c17-10-3-6-13(12(18)8-10)19-16(24)20-14(15(22)23)7-9-1-4-11(21)5-2-9/h1-6,8,14,21H,7H2,(H,22,23)(H2,19,20,24)/t14-/m0/s1. The highest BCUT2D eigenvalue weighted by atomic mass is 35.5. The maximum Gasteiger partial charge on any atom is 0.326 e. The molecular formula is C16H14Cl2N2O4. The van der Waals surface area contributed by atoms with Gasteiger partial charge in [0.25, 0.3) is 0 Å². The molecular weight excluding hydrogens is 355 g/mol. The molecule has 0 spiro atoms. The summed E-state index contributed by atoms with van der Waals surface area (Å²) in [5.74, 6) is -1.10. The Morgan fingerprint density at radius 2 is 1.75 bits per heavy atom. The molecule has 0 aliphatic heterocycles. The van der Waals surface area contributed by atoms with Crippen LogP contribution in [0.15, 0.2) is 42.5 Å². The summed E-state index contributed by atoms with van der Waals surface area (Å²) < 4.78 is 0. The molecule has 2 aromatic carbocycles. The zero-order valence-electron chi connectivity index (χ0n) is 12.3. The number of hydrogen-bond donors (Lipinski definition) is 4. The number of aromatic hydroxyl groups is 1. The highest BCUT2D eigenvalue weighted by Crippen LogP contribution is 2.25. The summed E-state index contributed by atoms with van der Waals surface area (Å²) >= 11 is 11.7. The average molecular weight is 369 g/mol. The van der Waals surface area contributed by atoms with Gasteiger partial charge in [0, 0.05) is 11.4 Å². The summed E-state index contributed by atoms with van der Waals surface area (Å²) in [5, 5.41) is 24.0. The monoisotopic (exact) mass is 368 g/mol. The molecule has 24 heavy (non-hydrogen) atoms. The van der Waals surface area contributed by atoms with Crippen LogP contribution in [0.2, 0.25) is 10.0 Å². The number of carboxylic acid groups (broad SMARTS) is 1. The SMILES string of the molecule is O=C(Nc1ccc(Cl)cc1Cl)N[C@@H](Cc1ccc(O)cc1)C(=O)O. The van der Waals surface area contributed by atoms with Gasteiger partial charge in [-0.25, -0.2) is 9.59 Å². The van der Waals surface area contributed by atoms with Crippen LogP contribution in [0, 0.1) is 0 Å². The number of carbonyl (C=O) groups is 2. The van der Waals surface area contributed by atoms with Crippen LogP contribution in [0.1, 0.15) is 5.56 Å². The summed E-state index contributed by atoms with van der Waals surface area (Å²) in [6.07, 6.45) is 0.0668. The first-order chi connectivity index (χ1) is 11.3. The van der Waals surface area contributed by atoms with Gasteiger partial charge in [-0.2, -0.15) is 0 Å². The number of aliphatic carboxylic acids is 1. The lowest BCUT2D eigenvalue weighted by Crippen LogP contribution is -2.44. The first-order valence-corrected chi connectivity index (χ1v) is 7.64. The molecule has 2 aromatic rings.